The fraction of sp³-hybridized carbons (Fsp3) is 1.00. The molecule has 12 heavy (non-hydrogen) atoms. The molecule has 2 nitrogen and oxygen atoms in total. The summed E-state index contributed by atoms with van der Waals surface area (Å²) >= 11 is 0. The van der Waals surface area contributed by atoms with Crippen LogP contribution in [0.15, 0.2) is 0 Å². The zero-order valence-corrected chi connectivity index (χ0v) is 9.72. The van der Waals surface area contributed by atoms with E-state index in [1.54, 1.807) is 0 Å². The third-order valence-corrected chi connectivity index (χ3v) is 6.11. The molecule has 0 aromatic heterocycles. The molecular formula is C9H22N2Si. The van der Waals surface area contributed by atoms with Gasteiger partial charge in [-0.05, 0) is 23.9 Å². The van der Waals surface area contributed by atoms with Gasteiger partial charge >= 0.3 is 0 Å². The average molecular weight is 186 g/mol. The molecule has 1 aliphatic carbocycles. The highest BCUT2D eigenvalue weighted by atomic mass is 28.3. The van der Waals surface area contributed by atoms with Gasteiger partial charge in [-0.25, -0.2) is 0 Å². The average Bonchev–Trinajstić information content (AvgIpc) is 2.36. The van der Waals surface area contributed by atoms with Gasteiger partial charge in [-0.2, -0.15) is 0 Å². The lowest BCUT2D eigenvalue weighted by Crippen LogP contribution is -2.53. The molecule has 0 saturated heterocycles. The maximum absolute atomic E-state index is 6.24. The third kappa shape index (κ3) is 2.31. The summed E-state index contributed by atoms with van der Waals surface area (Å²) in [6.45, 7) is 6.74. The van der Waals surface area contributed by atoms with Gasteiger partial charge in [0, 0.05) is 0 Å². The van der Waals surface area contributed by atoms with Crippen LogP contribution in [-0.2, 0) is 0 Å². The van der Waals surface area contributed by atoms with Crippen LogP contribution in [-0.4, -0.2) is 15.2 Å². The standard InChI is InChI=1S/C9H22N2Si/c1-8(2)11-12(10)9(3)6-4-5-7-9/h8,11-12H,4-7,10H2,1-3H3. The smallest absolute Gasteiger partial charge is 0.188 e. The molecule has 0 radical (unpaired) electrons. The highest BCUT2D eigenvalue weighted by Gasteiger charge is 2.36. The van der Waals surface area contributed by atoms with Gasteiger partial charge in [-0.15, -0.1) is 0 Å². The number of hydrogen-bond acceptors (Lipinski definition) is 2. The van der Waals surface area contributed by atoms with Gasteiger partial charge in [-0.3, -0.25) is 0 Å². The first-order valence-corrected chi connectivity index (χ1v) is 6.88. The topological polar surface area (TPSA) is 38.0 Å². The number of rotatable bonds is 3. The molecule has 0 aromatic rings. The monoisotopic (exact) mass is 186 g/mol. The summed E-state index contributed by atoms with van der Waals surface area (Å²) in [5, 5.41) is 6.73. The molecule has 1 fully saturated rings. The van der Waals surface area contributed by atoms with Gasteiger partial charge in [0.05, 0.1) is 0 Å². The van der Waals surface area contributed by atoms with Crippen molar-refractivity contribution in [2.75, 3.05) is 0 Å². The summed E-state index contributed by atoms with van der Waals surface area (Å²) in [7, 11) is -1.18. The summed E-state index contributed by atoms with van der Waals surface area (Å²) in [6, 6.07) is 0.559. The van der Waals surface area contributed by atoms with Crippen LogP contribution in [0.2, 0.25) is 5.04 Å². The quantitative estimate of drug-likeness (QED) is 0.656. The van der Waals surface area contributed by atoms with E-state index < -0.39 is 9.12 Å². The second kappa shape index (κ2) is 3.90. The van der Waals surface area contributed by atoms with Gasteiger partial charge in [0.15, 0.2) is 9.12 Å². The molecule has 0 aliphatic heterocycles. The summed E-state index contributed by atoms with van der Waals surface area (Å²) in [5.74, 6) is 0. The third-order valence-electron chi connectivity index (χ3n) is 3.01. The van der Waals surface area contributed by atoms with Crippen LogP contribution in [0.4, 0.5) is 0 Å². The predicted molar refractivity (Wildman–Crippen MR) is 56.4 cm³/mol. The zero-order valence-electron chi connectivity index (χ0n) is 8.56. The maximum atomic E-state index is 6.24. The lowest BCUT2D eigenvalue weighted by Gasteiger charge is -2.31. The van der Waals surface area contributed by atoms with E-state index in [4.69, 9.17) is 5.40 Å². The molecule has 1 saturated carbocycles. The molecular weight excluding hydrogens is 164 g/mol. The molecule has 0 heterocycles. The SMILES string of the molecule is CC(C)N[SiH](N)C1(C)CCCC1. The highest BCUT2D eigenvalue weighted by Crippen LogP contribution is 2.44. The minimum atomic E-state index is -1.18. The van der Waals surface area contributed by atoms with Crippen LogP contribution in [0.1, 0.15) is 46.5 Å². The second-order valence-corrected chi connectivity index (χ2v) is 7.34. The van der Waals surface area contributed by atoms with Gasteiger partial charge in [0.1, 0.15) is 0 Å². The Balaban J connectivity index is 2.44. The number of hydrogen-bond donors (Lipinski definition) is 2. The van der Waals surface area contributed by atoms with Gasteiger partial charge in [0.2, 0.25) is 0 Å². The van der Waals surface area contributed by atoms with Crippen molar-refractivity contribution in [3.8, 4) is 0 Å². The van der Waals surface area contributed by atoms with Crippen molar-refractivity contribution in [3.05, 3.63) is 0 Å². The number of nitrogens with two attached hydrogens (primary N) is 1. The van der Waals surface area contributed by atoms with Crippen molar-refractivity contribution in [1.82, 2.24) is 4.98 Å². The first-order chi connectivity index (χ1) is 5.54. The Labute approximate surface area is 77.7 Å². The molecule has 72 valence electrons. The zero-order chi connectivity index (χ0) is 9.19. The van der Waals surface area contributed by atoms with Crippen molar-refractivity contribution in [3.63, 3.8) is 0 Å². The van der Waals surface area contributed by atoms with E-state index in [2.05, 4.69) is 25.8 Å². The maximum Gasteiger partial charge on any atom is 0.188 e. The Morgan fingerprint density at radius 3 is 2.25 bits per heavy atom. The van der Waals surface area contributed by atoms with Crippen molar-refractivity contribution >= 4 is 9.12 Å². The first-order valence-electron chi connectivity index (χ1n) is 5.06. The van der Waals surface area contributed by atoms with Crippen molar-refractivity contribution in [2.24, 2.45) is 5.40 Å². The summed E-state index contributed by atoms with van der Waals surface area (Å²) < 4.78 is 0. The lowest BCUT2D eigenvalue weighted by molar-refractivity contribution is 0.584. The summed E-state index contributed by atoms with van der Waals surface area (Å²) in [6.07, 6.45) is 5.47. The van der Waals surface area contributed by atoms with Crippen LogP contribution in [0, 0.1) is 0 Å². The Kier molecular flexibility index (Phi) is 3.32. The van der Waals surface area contributed by atoms with Crippen LogP contribution in [0.3, 0.4) is 0 Å². The lowest BCUT2D eigenvalue weighted by atomic mass is 10.1. The molecule has 3 N–H and O–H groups in total. The van der Waals surface area contributed by atoms with Crippen LogP contribution >= 0.6 is 0 Å². The Bertz CT molecular complexity index is 141. The van der Waals surface area contributed by atoms with E-state index in [1.165, 1.54) is 25.7 Å². The van der Waals surface area contributed by atoms with Crippen molar-refractivity contribution < 1.29 is 0 Å². The van der Waals surface area contributed by atoms with E-state index in [-0.39, 0.29) is 0 Å². The Hall–Kier alpha value is 0.137. The summed E-state index contributed by atoms with van der Waals surface area (Å²) in [4.78, 5) is 3.54. The van der Waals surface area contributed by atoms with E-state index in [0.29, 0.717) is 11.1 Å². The largest absolute Gasteiger partial charge is 0.341 e. The van der Waals surface area contributed by atoms with Crippen molar-refractivity contribution in [1.29, 1.82) is 0 Å². The minimum absolute atomic E-state index is 0.490. The molecule has 0 amide bonds. The molecule has 1 aliphatic rings. The number of nitrogens with one attached hydrogen (secondary N) is 1. The van der Waals surface area contributed by atoms with Gasteiger partial charge in [0.25, 0.3) is 0 Å². The van der Waals surface area contributed by atoms with E-state index >= 15 is 0 Å². The van der Waals surface area contributed by atoms with Gasteiger partial charge < -0.3 is 10.4 Å². The normalized spacial score (nSPS) is 24.8. The molecule has 0 bridgehead atoms. The van der Waals surface area contributed by atoms with Crippen LogP contribution in [0.5, 0.6) is 0 Å². The van der Waals surface area contributed by atoms with Crippen LogP contribution in [0.25, 0.3) is 0 Å². The minimum Gasteiger partial charge on any atom is -0.341 e. The Morgan fingerprint density at radius 1 is 1.33 bits per heavy atom. The Morgan fingerprint density at radius 2 is 1.83 bits per heavy atom. The highest BCUT2D eigenvalue weighted by molar-refractivity contribution is 6.56. The predicted octanol–water partition coefficient (Wildman–Crippen LogP) is 1.50. The molecule has 3 heteroatoms. The molecule has 0 aromatic carbocycles. The fourth-order valence-corrected chi connectivity index (χ4v) is 4.20. The van der Waals surface area contributed by atoms with Crippen LogP contribution < -0.4 is 10.4 Å². The van der Waals surface area contributed by atoms with Crippen molar-refractivity contribution in [2.45, 2.75) is 57.5 Å². The molecule has 1 unspecified atom stereocenters. The fourth-order valence-electron chi connectivity index (χ4n) is 2.05. The first kappa shape index (κ1) is 10.2. The van der Waals surface area contributed by atoms with E-state index in [9.17, 15) is 0 Å². The second-order valence-electron chi connectivity index (χ2n) is 4.66. The van der Waals surface area contributed by atoms with Gasteiger partial charge in [-0.1, -0.05) is 33.6 Å². The van der Waals surface area contributed by atoms with E-state index in [0.717, 1.165) is 0 Å². The molecule has 1 atom stereocenters. The summed E-state index contributed by atoms with van der Waals surface area (Å²) in [5.41, 5.74) is 0. The molecule has 1 rings (SSSR count). The van der Waals surface area contributed by atoms with E-state index in [1.807, 2.05) is 0 Å². The molecule has 0 spiro atoms.